The smallest absolute Gasteiger partial charge is 0.123 e. The Labute approximate surface area is 108 Å². The Morgan fingerprint density at radius 3 is 2.94 bits per heavy atom. The zero-order chi connectivity index (χ0) is 12.5. The van der Waals surface area contributed by atoms with Crippen LogP contribution in [0.1, 0.15) is 18.1 Å². The van der Waals surface area contributed by atoms with Crippen LogP contribution in [0.3, 0.4) is 0 Å². The lowest BCUT2D eigenvalue weighted by Gasteiger charge is -2.32. The maximum absolute atomic E-state index is 13.2. The van der Waals surface area contributed by atoms with E-state index in [2.05, 4.69) is 15.9 Å². The Morgan fingerprint density at radius 1 is 1.59 bits per heavy atom. The van der Waals surface area contributed by atoms with Gasteiger partial charge in [-0.1, -0.05) is 15.9 Å². The van der Waals surface area contributed by atoms with Crippen LogP contribution in [-0.2, 0) is 4.74 Å². The molecule has 0 saturated carbocycles. The van der Waals surface area contributed by atoms with Gasteiger partial charge in [-0.3, -0.25) is 0 Å². The number of aliphatic hydroxyl groups is 1. The first kappa shape index (κ1) is 13.0. The predicted octanol–water partition coefficient (Wildman–Crippen LogP) is 1.99. The van der Waals surface area contributed by atoms with Gasteiger partial charge in [-0.05, 0) is 30.2 Å². The van der Waals surface area contributed by atoms with Crippen LogP contribution in [0, 0.1) is 11.2 Å². The number of halogens is 2. The first-order chi connectivity index (χ1) is 8.09. The molecule has 17 heavy (non-hydrogen) atoms. The largest absolute Gasteiger partial charge is 0.388 e. The van der Waals surface area contributed by atoms with Gasteiger partial charge in [0.2, 0.25) is 0 Å². The molecule has 1 aliphatic rings. The topological polar surface area (TPSA) is 55.5 Å². The Balaban J connectivity index is 2.35. The van der Waals surface area contributed by atoms with Crippen LogP contribution in [0.25, 0.3) is 0 Å². The summed E-state index contributed by atoms with van der Waals surface area (Å²) < 4.78 is 19.2. The summed E-state index contributed by atoms with van der Waals surface area (Å²) in [7, 11) is 0. The molecule has 1 saturated heterocycles. The van der Waals surface area contributed by atoms with E-state index in [4.69, 9.17) is 10.5 Å². The summed E-state index contributed by atoms with van der Waals surface area (Å²) in [4.78, 5) is 0. The lowest BCUT2D eigenvalue weighted by atomic mass is 9.78. The number of hydrogen-bond donors (Lipinski definition) is 2. The molecule has 1 heterocycles. The van der Waals surface area contributed by atoms with Crippen molar-refractivity contribution in [3.63, 3.8) is 0 Å². The zero-order valence-electron chi connectivity index (χ0n) is 9.33. The van der Waals surface area contributed by atoms with Gasteiger partial charge in [0.1, 0.15) is 5.82 Å². The summed E-state index contributed by atoms with van der Waals surface area (Å²) in [5.74, 6) is -0.367. The summed E-state index contributed by atoms with van der Waals surface area (Å²) >= 11 is 3.32. The molecule has 0 aliphatic carbocycles. The Bertz CT molecular complexity index is 407. The Morgan fingerprint density at radius 2 is 2.35 bits per heavy atom. The van der Waals surface area contributed by atoms with Crippen LogP contribution in [-0.4, -0.2) is 24.9 Å². The van der Waals surface area contributed by atoms with Crippen LogP contribution < -0.4 is 5.73 Å². The van der Waals surface area contributed by atoms with Crippen molar-refractivity contribution in [3.05, 3.63) is 34.1 Å². The molecule has 0 spiro atoms. The first-order valence-corrected chi connectivity index (χ1v) is 6.29. The van der Waals surface area contributed by atoms with Crippen LogP contribution in [0.15, 0.2) is 22.7 Å². The molecule has 3 N–H and O–H groups in total. The third-order valence-corrected chi connectivity index (χ3v) is 4.10. The molecular formula is C12H15BrFNO2. The number of aliphatic hydroxyl groups excluding tert-OH is 1. The molecule has 0 radical (unpaired) electrons. The molecule has 5 heteroatoms. The molecule has 2 rings (SSSR count). The lowest BCUT2D eigenvalue weighted by molar-refractivity contribution is 0.0184. The molecule has 1 aromatic rings. The van der Waals surface area contributed by atoms with Crippen molar-refractivity contribution < 1.29 is 14.2 Å². The van der Waals surface area contributed by atoms with E-state index in [9.17, 15) is 9.50 Å². The van der Waals surface area contributed by atoms with E-state index in [1.807, 2.05) is 0 Å². The summed E-state index contributed by atoms with van der Waals surface area (Å²) in [5, 5.41) is 10.4. The third kappa shape index (κ3) is 2.38. The van der Waals surface area contributed by atoms with Crippen molar-refractivity contribution >= 4 is 15.9 Å². The maximum Gasteiger partial charge on any atom is 0.123 e. The highest BCUT2D eigenvalue weighted by atomic mass is 79.9. The summed E-state index contributed by atoms with van der Waals surface area (Å²) in [5.41, 5.74) is 5.77. The normalized spacial score (nSPS) is 26.1. The summed E-state index contributed by atoms with van der Waals surface area (Å²) in [6.07, 6.45) is -0.131. The van der Waals surface area contributed by atoms with Gasteiger partial charge in [-0.15, -0.1) is 0 Å². The quantitative estimate of drug-likeness (QED) is 0.898. The fourth-order valence-electron chi connectivity index (χ4n) is 2.17. The average Bonchev–Trinajstić information content (AvgIpc) is 2.81. The molecule has 1 aliphatic heterocycles. The van der Waals surface area contributed by atoms with E-state index < -0.39 is 11.5 Å². The van der Waals surface area contributed by atoms with Gasteiger partial charge in [-0.25, -0.2) is 4.39 Å². The van der Waals surface area contributed by atoms with Gasteiger partial charge < -0.3 is 15.6 Å². The fraction of sp³-hybridized carbons (Fsp3) is 0.500. The molecule has 2 atom stereocenters. The number of rotatable bonds is 3. The molecule has 1 aromatic carbocycles. The Hall–Kier alpha value is -0.490. The highest BCUT2D eigenvalue weighted by Crippen LogP contribution is 2.42. The minimum absolute atomic E-state index is 0.317. The molecule has 0 aromatic heterocycles. The van der Waals surface area contributed by atoms with Crippen LogP contribution >= 0.6 is 15.9 Å². The van der Waals surface area contributed by atoms with E-state index in [1.54, 1.807) is 6.07 Å². The number of hydrogen-bond acceptors (Lipinski definition) is 3. The van der Waals surface area contributed by atoms with Gasteiger partial charge >= 0.3 is 0 Å². The second kappa shape index (κ2) is 5.02. The molecular weight excluding hydrogens is 289 g/mol. The molecule has 1 fully saturated rings. The van der Waals surface area contributed by atoms with E-state index in [-0.39, 0.29) is 5.82 Å². The maximum atomic E-state index is 13.2. The van der Waals surface area contributed by atoms with Crippen molar-refractivity contribution in [3.8, 4) is 0 Å². The molecule has 3 nitrogen and oxygen atoms in total. The minimum Gasteiger partial charge on any atom is -0.388 e. The monoisotopic (exact) mass is 303 g/mol. The van der Waals surface area contributed by atoms with Crippen molar-refractivity contribution in [1.29, 1.82) is 0 Å². The second-order valence-electron chi connectivity index (χ2n) is 4.44. The molecule has 0 amide bonds. The van der Waals surface area contributed by atoms with Crippen molar-refractivity contribution in [1.82, 2.24) is 0 Å². The predicted molar refractivity (Wildman–Crippen MR) is 66.0 cm³/mol. The van der Waals surface area contributed by atoms with Gasteiger partial charge in [0, 0.05) is 23.0 Å². The highest BCUT2D eigenvalue weighted by molar-refractivity contribution is 9.10. The van der Waals surface area contributed by atoms with E-state index in [0.717, 1.165) is 0 Å². The van der Waals surface area contributed by atoms with Crippen LogP contribution in [0.2, 0.25) is 0 Å². The fourth-order valence-corrected chi connectivity index (χ4v) is 2.63. The molecule has 2 unspecified atom stereocenters. The number of benzene rings is 1. The molecule has 0 bridgehead atoms. The SMILES string of the molecule is NCC1(C(O)c2cc(F)ccc2Br)CCOC1. The number of ether oxygens (including phenoxy) is 1. The minimum atomic E-state index is -0.819. The van der Waals surface area contributed by atoms with Crippen LogP contribution in [0.4, 0.5) is 4.39 Å². The highest BCUT2D eigenvalue weighted by Gasteiger charge is 2.42. The summed E-state index contributed by atoms with van der Waals surface area (Å²) in [6, 6.07) is 4.28. The summed E-state index contributed by atoms with van der Waals surface area (Å²) in [6.45, 7) is 1.31. The van der Waals surface area contributed by atoms with Gasteiger partial charge in [0.05, 0.1) is 12.7 Å². The lowest BCUT2D eigenvalue weighted by Crippen LogP contribution is -2.37. The van der Waals surface area contributed by atoms with Gasteiger partial charge in [0.25, 0.3) is 0 Å². The average molecular weight is 304 g/mol. The second-order valence-corrected chi connectivity index (χ2v) is 5.29. The van der Waals surface area contributed by atoms with Crippen molar-refractivity contribution in [2.24, 2.45) is 11.1 Å². The van der Waals surface area contributed by atoms with E-state index in [0.29, 0.717) is 36.2 Å². The first-order valence-electron chi connectivity index (χ1n) is 5.50. The van der Waals surface area contributed by atoms with E-state index in [1.165, 1.54) is 12.1 Å². The zero-order valence-corrected chi connectivity index (χ0v) is 10.9. The van der Waals surface area contributed by atoms with Gasteiger partial charge in [0.15, 0.2) is 0 Å². The Kier molecular flexibility index (Phi) is 3.82. The third-order valence-electron chi connectivity index (χ3n) is 3.37. The molecule has 94 valence electrons. The van der Waals surface area contributed by atoms with Gasteiger partial charge in [-0.2, -0.15) is 0 Å². The van der Waals surface area contributed by atoms with E-state index >= 15 is 0 Å². The number of nitrogens with two attached hydrogens (primary N) is 1. The van der Waals surface area contributed by atoms with Crippen LogP contribution in [0.5, 0.6) is 0 Å². The standard InChI is InChI=1S/C12H15BrFNO2/c13-10-2-1-8(14)5-9(10)11(16)12(6-15)3-4-17-7-12/h1-2,5,11,16H,3-4,6-7,15H2. The van der Waals surface area contributed by atoms with Crippen molar-refractivity contribution in [2.75, 3.05) is 19.8 Å². The van der Waals surface area contributed by atoms with Crippen molar-refractivity contribution in [2.45, 2.75) is 12.5 Å².